The molecule has 0 aliphatic heterocycles. The molecule has 188 valence electrons. The molecule has 3 heterocycles. The van der Waals surface area contributed by atoms with E-state index >= 15 is 0 Å². The third kappa shape index (κ3) is 5.40. The summed E-state index contributed by atoms with van der Waals surface area (Å²) in [5, 5.41) is 11.0. The van der Waals surface area contributed by atoms with Gasteiger partial charge < -0.3 is 4.42 Å². The van der Waals surface area contributed by atoms with Crippen molar-refractivity contribution in [2.45, 2.75) is 64.6 Å². The molecule has 3 aromatic heterocycles. The van der Waals surface area contributed by atoms with Crippen molar-refractivity contribution >= 4 is 0 Å². The number of halogens is 5. The van der Waals surface area contributed by atoms with Crippen LogP contribution in [0.3, 0.4) is 0 Å². The number of hydrogen-bond donors (Lipinski definition) is 0. The lowest BCUT2D eigenvalue weighted by molar-refractivity contribution is -0.138. The van der Waals surface area contributed by atoms with E-state index in [0.29, 0.717) is 30.2 Å². The summed E-state index contributed by atoms with van der Waals surface area (Å²) in [4.78, 5) is 17.2. The van der Waals surface area contributed by atoms with E-state index in [9.17, 15) is 26.7 Å². The van der Waals surface area contributed by atoms with E-state index in [4.69, 9.17) is 4.42 Å². The van der Waals surface area contributed by atoms with Crippen LogP contribution in [0.4, 0.5) is 22.0 Å². The molecule has 0 unspecified atom stereocenters. The first-order chi connectivity index (χ1) is 16.5. The summed E-state index contributed by atoms with van der Waals surface area (Å²) in [5.41, 5.74) is -1.67. The van der Waals surface area contributed by atoms with Gasteiger partial charge in [0.05, 0.1) is 17.8 Å². The Labute approximate surface area is 197 Å². The smallest absolute Gasteiger partial charge is 0.413 e. The molecule has 1 fully saturated rings. The standard InChI is InChI=1S/C23H24F5N5O2/c1-12(2)13-5-7-14(8-6-13)15-10-17(20-30-31-21(35-20)19(24)25)32-33(22(15)34)11-18-16(23(26,27)28)4-3-9-29-18/h3-4,9-10,12-14,19H,5-8,11H2,1-2H3. The van der Waals surface area contributed by atoms with Crippen molar-refractivity contribution in [1.29, 1.82) is 0 Å². The maximum absolute atomic E-state index is 13.5. The summed E-state index contributed by atoms with van der Waals surface area (Å²) in [6.45, 7) is 3.72. The molecule has 35 heavy (non-hydrogen) atoms. The summed E-state index contributed by atoms with van der Waals surface area (Å²) in [5.74, 6) is -0.404. The van der Waals surface area contributed by atoms with Crippen LogP contribution in [0.2, 0.25) is 0 Å². The second-order valence-electron chi connectivity index (χ2n) is 9.05. The van der Waals surface area contributed by atoms with Crippen molar-refractivity contribution in [2.75, 3.05) is 0 Å². The zero-order valence-corrected chi connectivity index (χ0v) is 19.1. The largest absolute Gasteiger partial charge is 0.418 e. The topological polar surface area (TPSA) is 86.7 Å². The molecule has 0 aromatic carbocycles. The fourth-order valence-corrected chi connectivity index (χ4v) is 4.55. The van der Waals surface area contributed by atoms with E-state index in [0.717, 1.165) is 29.7 Å². The minimum Gasteiger partial charge on any atom is -0.413 e. The summed E-state index contributed by atoms with van der Waals surface area (Å²) < 4.78 is 72.3. The van der Waals surface area contributed by atoms with Gasteiger partial charge in [-0.15, -0.1) is 10.2 Å². The summed E-state index contributed by atoms with van der Waals surface area (Å²) in [6.07, 6.45) is -3.27. The van der Waals surface area contributed by atoms with Crippen molar-refractivity contribution in [2.24, 2.45) is 11.8 Å². The van der Waals surface area contributed by atoms with Gasteiger partial charge in [-0.05, 0) is 61.6 Å². The Morgan fingerprint density at radius 1 is 1.14 bits per heavy atom. The third-order valence-corrected chi connectivity index (χ3v) is 6.50. The average molecular weight is 497 g/mol. The molecular weight excluding hydrogens is 473 g/mol. The monoisotopic (exact) mass is 497 g/mol. The zero-order valence-electron chi connectivity index (χ0n) is 19.1. The second-order valence-corrected chi connectivity index (χ2v) is 9.05. The Morgan fingerprint density at radius 2 is 1.86 bits per heavy atom. The molecule has 3 aromatic rings. The fraction of sp³-hybridized carbons (Fsp3) is 0.522. The number of nitrogens with zero attached hydrogens (tertiary/aromatic N) is 5. The van der Waals surface area contributed by atoms with Gasteiger partial charge in [-0.3, -0.25) is 9.78 Å². The van der Waals surface area contributed by atoms with E-state index in [1.807, 2.05) is 0 Å². The lowest BCUT2D eigenvalue weighted by atomic mass is 9.75. The molecular formula is C23H24F5N5O2. The molecule has 1 aliphatic carbocycles. The van der Waals surface area contributed by atoms with Crippen molar-refractivity contribution < 1.29 is 26.4 Å². The number of pyridine rings is 1. The van der Waals surface area contributed by atoms with E-state index in [1.165, 1.54) is 12.3 Å². The Balaban J connectivity index is 1.77. The lowest BCUT2D eigenvalue weighted by Gasteiger charge is -2.31. The van der Waals surface area contributed by atoms with Gasteiger partial charge in [0.1, 0.15) is 5.69 Å². The zero-order chi connectivity index (χ0) is 25.3. The minimum atomic E-state index is -4.68. The maximum Gasteiger partial charge on any atom is 0.418 e. The van der Waals surface area contributed by atoms with E-state index in [2.05, 4.69) is 34.1 Å². The molecule has 0 saturated heterocycles. The first kappa shape index (κ1) is 24.9. The molecule has 0 atom stereocenters. The third-order valence-electron chi connectivity index (χ3n) is 6.50. The van der Waals surface area contributed by atoms with Crippen LogP contribution in [0.15, 0.2) is 33.6 Å². The Morgan fingerprint density at radius 3 is 2.46 bits per heavy atom. The Kier molecular flexibility index (Phi) is 7.00. The quantitative estimate of drug-likeness (QED) is 0.411. The van der Waals surface area contributed by atoms with Crippen LogP contribution in [0.5, 0.6) is 0 Å². The number of alkyl halides is 5. The molecule has 0 bridgehead atoms. The summed E-state index contributed by atoms with van der Waals surface area (Å²) in [6, 6.07) is 3.45. The highest BCUT2D eigenvalue weighted by Crippen LogP contribution is 2.38. The van der Waals surface area contributed by atoms with Gasteiger partial charge in [-0.25, -0.2) is 4.68 Å². The van der Waals surface area contributed by atoms with E-state index in [1.54, 1.807) is 0 Å². The van der Waals surface area contributed by atoms with Crippen LogP contribution >= 0.6 is 0 Å². The first-order valence-electron chi connectivity index (χ1n) is 11.3. The molecule has 1 aliphatic rings. The Hall–Kier alpha value is -3.18. The van der Waals surface area contributed by atoms with Gasteiger partial charge in [0.2, 0.25) is 0 Å². The number of hydrogen-bond acceptors (Lipinski definition) is 6. The predicted molar refractivity (Wildman–Crippen MR) is 115 cm³/mol. The highest BCUT2D eigenvalue weighted by atomic mass is 19.4. The SMILES string of the molecule is CC(C)C1CCC(c2cc(-c3nnc(C(F)F)o3)nn(Cc3ncccc3C(F)(F)F)c2=O)CC1. The first-order valence-corrected chi connectivity index (χ1v) is 11.3. The van der Waals surface area contributed by atoms with Gasteiger partial charge >= 0.3 is 12.6 Å². The van der Waals surface area contributed by atoms with E-state index in [-0.39, 0.29) is 23.2 Å². The van der Waals surface area contributed by atoms with Crippen LogP contribution in [0.25, 0.3) is 11.6 Å². The molecule has 7 nitrogen and oxygen atoms in total. The van der Waals surface area contributed by atoms with Crippen LogP contribution in [0, 0.1) is 11.8 Å². The van der Waals surface area contributed by atoms with Crippen molar-refractivity contribution in [3.8, 4) is 11.6 Å². The number of aromatic nitrogens is 5. The van der Waals surface area contributed by atoms with Gasteiger partial charge in [-0.1, -0.05) is 13.8 Å². The predicted octanol–water partition coefficient (Wildman–Crippen LogP) is 5.62. The van der Waals surface area contributed by atoms with Crippen molar-refractivity contribution in [1.82, 2.24) is 25.0 Å². The fourth-order valence-electron chi connectivity index (χ4n) is 4.55. The average Bonchev–Trinajstić information content (AvgIpc) is 3.31. The van der Waals surface area contributed by atoms with Crippen LogP contribution in [-0.4, -0.2) is 25.0 Å². The van der Waals surface area contributed by atoms with Crippen molar-refractivity contribution in [3.05, 3.63) is 57.5 Å². The second kappa shape index (κ2) is 9.82. The normalized spacial score (nSPS) is 19.0. The molecule has 0 N–H and O–H groups in total. The Bertz CT molecular complexity index is 1230. The maximum atomic E-state index is 13.5. The lowest BCUT2D eigenvalue weighted by Crippen LogP contribution is -2.31. The minimum absolute atomic E-state index is 0.0607. The molecule has 0 spiro atoms. The van der Waals surface area contributed by atoms with Gasteiger partial charge in [0.15, 0.2) is 0 Å². The number of rotatable bonds is 6. The van der Waals surface area contributed by atoms with Crippen LogP contribution in [0.1, 0.15) is 74.6 Å². The molecule has 12 heteroatoms. The van der Waals surface area contributed by atoms with Gasteiger partial charge in [0.25, 0.3) is 17.3 Å². The molecule has 0 amide bonds. The van der Waals surface area contributed by atoms with Gasteiger partial charge in [0, 0.05) is 11.8 Å². The summed E-state index contributed by atoms with van der Waals surface area (Å²) in [7, 11) is 0. The highest BCUT2D eigenvalue weighted by Gasteiger charge is 2.34. The molecule has 1 saturated carbocycles. The van der Waals surface area contributed by atoms with Crippen molar-refractivity contribution in [3.63, 3.8) is 0 Å². The van der Waals surface area contributed by atoms with Crippen LogP contribution < -0.4 is 5.56 Å². The summed E-state index contributed by atoms with van der Waals surface area (Å²) >= 11 is 0. The highest BCUT2D eigenvalue weighted by molar-refractivity contribution is 5.47. The molecule has 4 rings (SSSR count). The molecule has 0 radical (unpaired) electrons. The van der Waals surface area contributed by atoms with E-state index < -0.39 is 36.2 Å². The van der Waals surface area contributed by atoms with Crippen LogP contribution in [-0.2, 0) is 12.7 Å². The van der Waals surface area contributed by atoms with Gasteiger partial charge in [-0.2, -0.15) is 27.1 Å².